The van der Waals surface area contributed by atoms with Gasteiger partial charge in [-0.2, -0.15) is 0 Å². The number of nitrogens with two attached hydrogens (primary N) is 1. The van der Waals surface area contributed by atoms with Crippen LogP contribution in [0.5, 0.6) is 0 Å². The van der Waals surface area contributed by atoms with Gasteiger partial charge < -0.3 is 5.73 Å². The number of aromatic nitrogens is 4. The second-order valence-electron chi connectivity index (χ2n) is 3.95. The van der Waals surface area contributed by atoms with E-state index in [9.17, 15) is 0 Å². The fourth-order valence-electron chi connectivity index (χ4n) is 1.75. The maximum absolute atomic E-state index is 6.11. The summed E-state index contributed by atoms with van der Waals surface area (Å²) in [6.07, 6.45) is 0. The molecule has 0 saturated heterocycles. The van der Waals surface area contributed by atoms with Crippen LogP contribution in [-0.4, -0.2) is 20.2 Å². The molecule has 3 rings (SSSR count). The molecule has 0 amide bonds. The Morgan fingerprint density at radius 2 is 1.79 bits per heavy atom. The Kier molecular flexibility index (Phi) is 2.89. The summed E-state index contributed by atoms with van der Waals surface area (Å²) >= 11 is 6.11. The first kappa shape index (κ1) is 11.7. The molecule has 0 bridgehead atoms. The monoisotopic (exact) mass is 271 g/mol. The molecule has 0 aliphatic carbocycles. The fraction of sp³-hybridized carbons (Fsp3) is 0. The van der Waals surface area contributed by atoms with Gasteiger partial charge in [0, 0.05) is 5.56 Å². The van der Waals surface area contributed by atoms with E-state index in [1.165, 1.54) is 4.80 Å². The number of para-hydroxylation sites is 1. The molecule has 0 atom stereocenters. The molecule has 0 saturated carbocycles. The number of tetrazole rings is 1. The Balaban J connectivity index is 2.07. The molecule has 94 valence electrons. The molecule has 0 radical (unpaired) electrons. The van der Waals surface area contributed by atoms with Crippen molar-refractivity contribution in [1.82, 2.24) is 20.2 Å². The average molecular weight is 272 g/mol. The predicted octanol–water partition coefficient (Wildman–Crippen LogP) is 2.56. The van der Waals surface area contributed by atoms with Crippen LogP contribution in [0.25, 0.3) is 17.1 Å². The molecule has 1 aromatic heterocycles. The molecule has 5 nitrogen and oxygen atoms in total. The Bertz CT molecular complexity index is 688. The first-order valence-corrected chi connectivity index (χ1v) is 6.03. The Morgan fingerprint density at radius 1 is 1.00 bits per heavy atom. The number of hydrogen-bond acceptors (Lipinski definition) is 4. The highest BCUT2D eigenvalue weighted by atomic mass is 35.5. The quantitative estimate of drug-likeness (QED) is 0.727. The first-order chi connectivity index (χ1) is 9.25. The van der Waals surface area contributed by atoms with Gasteiger partial charge in [0.15, 0.2) is 0 Å². The van der Waals surface area contributed by atoms with E-state index < -0.39 is 0 Å². The third-order valence-corrected chi connectivity index (χ3v) is 2.97. The van der Waals surface area contributed by atoms with E-state index >= 15 is 0 Å². The molecule has 3 aromatic rings. The summed E-state index contributed by atoms with van der Waals surface area (Å²) in [5.41, 5.74) is 7.82. The van der Waals surface area contributed by atoms with Crippen molar-refractivity contribution in [2.24, 2.45) is 0 Å². The third kappa shape index (κ3) is 2.15. The van der Waals surface area contributed by atoms with E-state index in [2.05, 4.69) is 15.4 Å². The zero-order chi connectivity index (χ0) is 13.2. The van der Waals surface area contributed by atoms with Crippen molar-refractivity contribution >= 4 is 17.3 Å². The van der Waals surface area contributed by atoms with Gasteiger partial charge in [-0.1, -0.05) is 48.0 Å². The molecule has 0 spiro atoms. The van der Waals surface area contributed by atoms with Crippen LogP contribution in [0.1, 0.15) is 0 Å². The van der Waals surface area contributed by atoms with Crippen LogP contribution in [0.2, 0.25) is 5.02 Å². The molecule has 19 heavy (non-hydrogen) atoms. The van der Waals surface area contributed by atoms with E-state index in [4.69, 9.17) is 17.3 Å². The number of halogens is 1. The molecule has 6 heteroatoms. The first-order valence-electron chi connectivity index (χ1n) is 5.65. The van der Waals surface area contributed by atoms with E-state index in [0.717, 1.165) is 5.56 Å². The van der Waals surface area contributed by atoms with Crippen LogP contribution in [0.3, 0.4) is 0 Å². The summed E-state index contributed by atoms with van der Waals surface area (Å²) in [6, 6.07) is 14.8. The molecule has 2 aromatic carbocycles. The van der Waals surface area contributed by atoms with E-state index in [-0.39, 0.29) is 0 Å². The van der Waals surface area contributed by atoms with Crippen molar-refractivity contribution in [3.8, 4) is 17.1 Å². The zero-order valence-electron chi connectivity index (χ0n) is 9.86. The molecular weight excluding hydrogens is 262 g/mol. The Hall–Kier alpha value is -2.40. The lowest BCUT2D eigenvalue weighted by molar-refractivity contribution is 0.722. The molecule has 2 N–H and O–H groups in total. The summed E-state index contributed by atoms with van der Waals surface area (Å²) in [5.74, 6) is 0.528. The van der Waals surface area contributed by atoms with Gasteiger partial charge in [-0.15, -0.1) is 15.0 Å². The average Bonchev–Trinajstić information content (AvgIpc) is 2.89. The number of benzene rings is 2. The normalized spacial score (nSPS) is 10.6. The summed E-state index contributed by atoms with van der Waals surface area (Å²) in [7, 11) is 0. The van der Waals surface area contributed by atoms with Crippen molar-refractivity contribution in [3.05, 3.63) is 53.6 Å². The minimum Gasteiger partial charge on any atom is -0.397 e. The molecule has 0 aliphatic heterocycles. The number of anilines is 1. The highest BCUT2D eigenvalue weighted by Crippen LogP contribution is 2.25. The van der Waals surface area contributed by atoms with Crippen LogP contribution in [0.4, 0.5) is 5.69 Å². The summed E-state index contributed by atoms with van der Waals surface area (Å²) in [6.45, 7) is 0. The fourth-order valence-corrected chi connectivity index (χ4v) is 2.01. The lowest BCUT2D eigenvalue weighted by Gasteiger charge is -2.04. The van der Waals surface area contributed by atoms with Gasteiger partial charge in [0.25, 0.3) is 0 Å². The molecule has 0 fully saturated rings. The largest absolute Gasteiger partial charge is 0.397 e. The predicted molar refractivity (Wildman–Crippen MR) is 74.0 cm³/mol. The number of hydrogen-bond donors (Lipinski definition) is 1. The summed E-state index contributed by atoms with van der Waals surface area (Å²) in [5, 5.41) is 12.8. The van der Waals surface area contributed by atoms with Gasteiger partial charge in [-0.05, 0) is 17.3 Å². The van der Waals surface area contributed by atoms with Gasteiger partial charge in [-0.3, -0.25) is 0 Å². The second kappa shape index (κ2) is 4.70. The maximum Gasteiger partial charge on any atom is 0.205 e. The summed E-state index contributed by atoms with van der Waals surface area (Å²) in [4.78, 5) is 1.35. The van der Waals surface area contributed by atoms with Crippen LogP contribution in [0, 0.1) is 0 Å². The number of nitrogen functional groups attached to an aromatic ring is 1. The lowest BCUT2D eigenvalue weighted by Crippen LogP contribution is -2.04. The van der Waals surface area contributed by atoms with E-state index in [1.807, 2.05) is 30.3 Å². The van der Waals surface area contributed by atoms with Crippen molar-refractivity contribution in [2.45, 2.75) is 0 Å². The second-order valence-corrected chi connectivity index (χ2v) is 4.35. The maximum atomic E-state index is 6.11. The van der Waals surface area contributed by atoms with Gasteiger partial charge >= 0.3 is 0 Å². The van der Waals surface area contributed by atoms with Gasteiger partial charge in [0.05, 0.1) is 10.7 Å². The summed E-state index contributed by atoms with van der Waals surface area (Å²) < 4.78 is 0. The van der Waals surface area contributed by atoms with Gasteiger partial charge in [0.1, 0.15) is 5.69 Å². The lowest BCUT2D eigenvalue weighted by atomic mass is 10.2. The molecular formula is C13H10ClN5. The SMILES string of the molecule is Nc1cccc(Cl)c1-n1nnc(-c2ccccc2)n1. The number of rotatable bonds is 2. The molecule has 1 heterocycles. The zero-order valence-corrected chi connectivity index (χ0v) is 10.6. The van der Waals surface area contributed by atoms with Crippen LogP contribution in [0.15, 0.2) is 48.5 Å². The third-order valence-electron chi connectivity index (χ3n) is 2.66. The van der Waals surface area contributed by atoms with Gasteiger partial charge in [-0.25, -0.2) is 0 Å². The van der Waals surface area contributed by atoms with Crippen molar-refractivity contribution in [2.75, 3.05) is 5.73 Å². The smallest absolute Gasteiger partial charge is 0.205 e. The van der Waals surface area contributed by atoms with Crippen LogP contribution in [-0.2, 0) is 0 Å². The van der Waals surface area contributed by atoms with Crippen LogP contribution < -0.4 is 5.73 Å². The molecule has 0 unspecified atom stereocenters. The topological polar surface area (TPSA) is 69.6 Å². The number of nitrogens with zero attached hydrogens (tertiary/aromatic N) is 4. The minimum atomic E-state index is 0.483. The van der Waals surface area contributed by atoms with Gasteiger partial charge in [0.2, 0.25) is 5.82 Å². The Morgan fingerprint density at radius 3 is 2.53 bits per heavy atom. The van der Waals surface area contributed by atoms with E-state index in [1.54, 1.807) is 18.2 Å². The van der Waals surface area contributed by atoms with Crippen molar-refractivity contribution in [3.63, 3.8) is 0 Å². The highest BCUT2D eigenvalue weighted by molar-refractivity contribution is 6.32. The standard InChI is InChI=1S/C13H10ClN5/c14-10-7-4-8-11(15)12(10)19-17-13(16-18-19)9-5-2-1-3-6-9/h1-8H,15H2. The minimum absolute atomic E-state index is 0.483. The van der Waals surface area contributed by atoms with E-state index in [0.29, 0.717) is 22.2 Å². The Labute approximate surface area is 114 Å². The van der Waals surface area contributed by atoms with Crippen molar-refractivity contribution in [1.29, 1.82) is 0 Å². The van der Waals surface area contributed by atoms with Crippen molar-refractivity contribution < 1.29 is 0 Å². The molecule has 0 aliphatic rings. The highest BCUT2D eigenvalue weighted by Gasteiger charge is 2.12. The van der Waals surface area contributed by atoms with Crippen LogP contribution >= 0.6 is 11.6 Å².